The van der Waals surface area contributed by atoms with Crippen LogP contribution in [0, 0.1) is 0 Å². The Morgan fingerprint density at radius 1 is 1.00 bits per heavy atom. The van der Waals surface area contributed by atoms with Crippen LogP contribution in [-0.4, -0.2) is 17.7 Å². The number of hydrogen-bond donors (Lipinski definition) is 0. The van der Waals surface area contributed by atoms with Gasteiger partial charge in [0.05, 0.1) is 6.42 Å². The Morgan fingerprint density at radius 3 is 1.45 bits per heavy atom. The van der Waals surface area contributed by atoms with Gasteiger partial charge in [-0.15, -0.1) is 0 Å². The molecule has 0 aromatic heterocycles. The molecule has 11 heavy (non-hydrogen) atoms. The zero-order chi connectivity index (χ0) is 7.44. The maximum absolute atomic E-state index is 9.87. The summed E-state index contributed by atoms with van der Waals surface area (Å²) in [5.74, 6) is -5.20. The number of carboxylic acid groups (broad SMARTS) is 2. The zero-order valence-electron chi connectivity index (χ0n) is 6.25. The van der Waals surface area contributed by atoms with Crippen molar-refractivity contribution < 1.29 is 127 Å². The number of rotatable bonds is 3. The topological polar surface area (TPSA) is 97.3 Å². The molecule has 0 radical (unpaired) electrons. The van der Waals surface area contributed by atoms with Crippen molar-refractivity contribution in [2.45, 2.75) is 6.42 Å². The van der Waals surface area contributed by atoms with Gasteiger partial charge in [0.1, 0.15) is 5.97 Å². The maximum atomic E-state index is 9.87. The van der Waals surface area contributed by atoms with Gasteiger partial charge in [0.25, 0.3) is 0 Å². The third kappa shape index (κ3) is 11.9. The Morgan fingerprint density at radius 2 is 1.36 bits per heavy atom. The minimum atomic E-state index is -2.00. The van der Waals surface area contributed by atoms with Gasteiger partial charge in [-0.1, -0.05) is 0 Å². The van der Waals surface area contributed by atoms with E-state index in [9.17, 15) is 24.6 Å². The Kier molecular flexibility index (Phi) is 16.9. The van der Waals surface area contributed by atoms with Crippen LogP contribution in [0.4, 0.5) is 0 Å². The van der Waals surface area contributed by atoms with Crippen LogP contribution >= 0.6 is 0 Å². The fourth-order valence-electron chi connectivity index (χ4n) is 0.203. The molecule has 0 amide bonds. The smallest absolute Gasteiger partial charge is 0.550 e. The molecule has 0 N–H and O–H groups in total. The van der Waals surface area contributed by atoms with Crippen molar-refractivity contribution in [3.8, 4) is 0 Å². The molecule has 0 heterocycles. The van der Waals surface area contributed by atoms with Crippen LogP contribution in [0.1, 0.15) is 6.42 Å². The average molecular weight is 208 g/mol. The van der Waals surface area contributed by atoms with Crippen LogP contribution in [0.15, 0.2) is 0 Å². The second-order valence-corrected chi connectivity index (χ2v) is 1.26. The molecule has 0 aliphatic rings. The van der Waals surface area contributed by atoms with Gasteiger partial charge in [-0.05, 0) is 0 Å². The number of carbonyl (C=O) groups excluding carboxylic acids is 3. The van der Waals surface area contributed by atoms with Gasteiger partial charge in [0.2, 0.25) is 0 Å². The second-order valence-electron chi connectivity index (χ2n) is 1.26. The number of aliphatic carboxylic acids is 2. The Labute approximate surface area is 148 Å². The summed E-state index contributed by atoms with van der Waals surface area (Å²) >= 11 is 0. The van der Waals surface area contributed by atoms with Gasteiger partial charge in [-0.3, -0.25) is 4.79 Å². The first-order valence-electron chi connectivity index (χ1n) is 1.98. The number of hydrogen-bond acceptors (Lipinski definition) is 5. The summed E-state index contributed by atoms with van der Waals surface area (Å²) in [5, 5.41) is 19.0. The first-order valence-corrected chi connectivity index (χ1v) is 1.98. The molecule has 5 nitrogen and oxygen atoms in total. The molecule has 0 fully saturated rings. The number of carboxylic acids is 2. The molecule has 0 saturated heterocycles. The van der Waals surface area contributed by atoms with Crippen molar-refractivity contribution >= 4 is 17.7 Å². The van der Waals surface area contributed by atoms with Gasteiger partial charge < -0.3 is 19.8 Å². The summed E-state index contributed by atoms with van der Waals surface area (Å²) in [6.45, 7) is 0. The molecular formula is C4H2K2O5. The summed E-state index contributed by atoms with van der Waals surface area (Å²) in [5.41, 5.74) is 0. The predicted molar refractivity (Wildman–Crippen MR) is 19.6 cm³/mol. The molecule has 0 unspecified atom stereocenters. The van der Waals surface area contributed by atoms with Gasteiger partial charge in [-0.2, -0.15) is 0 Å². The standard InChI is InChI=1S/C4H4O5.2K/c5-2(4(8)9)1-3(6)7;;/h1H2,(H,6,7)(H,8,9);;/q;2*+1/p-2. The van der Waals surface area contributed by atoms with E-state index in [-0.39, 0.29) is 103 Å². The summed E-state index contributed by atoms with van der Waals surface area (Å²) in [6.07, 6.45) is -1.12. The Bertz CT molecular complexity index is 166. The SMILES string of the molecule is O=C([O-])CC(=O)C(=O)[O-].[K+].[K+]. The van der Waals surface area contributed by atoms with Crippen molar-refractivity contribution in [1.82, 2.24) is 0 Å². The first-order chi connectivity index (χ1) is 4.04. The van der Waals surface area contributed by atoms with E-state index in [0.717, 1.165) is 0 Å². The van der Waals surface area contributed by atoms with Crippen LogP contribution < -0.4 is 113 Å². The molecule has 0 spiro atoms. The van der Waals surface area contributed by atoms with Crippen molar-refractivity contribution in [2.75, 3.05) is 0 Å². The van der Waals surface area contributed by atoms with E-state index in [0.29, 0.717) is 0 Å². The van der Waals surface area contributed by atoms with E-state index in [1.54, 1.807) is 0 Å². The fraction of sp³-hybridized carbons (Fsp3) is 0.250. The molecule has 0 saturated carbocycles. The molecule has 50 valence electrons. The second kappa shape index (κ2) is 9.97. The fourth-order valence-corrected chi connectivity index (χ4v) is 0.203. The van der Waals surface area contributed by atoms with Crippen molar-refractivity contribution in [1.29, 1.82) is 0 Å². The summed E-state index contributed by atoms with van der Waals surface area (Å²) in [7, 11) is 0. The van der Waals surface area contributed by atoms with Crippen molar-refractivity contribution in [3.05, 3.63) is 0 Å². The van der Waals surface area contributed by atoms with Gasteiger partial charge in [-0.25, -0.2) is 0 Å². The van der Waals surface area contributed by atoms with Crippen LogP contribution in [0.25, 0.3) is 0 Å². The molecule has 0 aromatic rings. The zero-order valence-corrected chi connectivity index (χ0v) is 12.5. The minimum absolute atomic E-state index is 0. The summed E-state index contributed by atoms with van der Waals surface area (Å²) < 4.78 is 0. The quantitative estimate of drug-likeness (QED) is 0.260. The predicted octanol–water partition coefficient (Wildman–Crippen LogP) is -9.55. The van der Waals surface area contributed by atoms with E-state index in [2.05, 4.69) is 0 Å². The third-order valence-electron chi connectivity index (χ3n) is 0.533. The van der Waals surface area contributed by atoms with Crippen LogP contribution in [0.3, 0.4) is 0 Å². The summed E-state index contributed by atoms with van der Waals surface area (Å²) in [6, 6.07) is 0. The van der Waals surface area contributed by atoms with E-state index in [1.807, 2.05) is 0 Å². The number of carbonyl (C=O) groups is 3. The monoisotopic (exact) mass is 208 g/mol. The number of ketones is 1. The Hall–Kier alpha value is 1.88. The van der Waals surface area contributed by atoms with Crippen LogP contribution in [0.5, 0.6) is 0 Å². The van der Waals surface area contributed by atoms with Crippen LogP contribution in [0.2, 0.25) is 0 Å². The molecule has 0 aliphatic heterocycles. The van der Waals surface area contributed by atoms with Crippen LogP contribution in [-0.2, 0) is 14.4 Å². The largest absolute Gasteiger partial charge is 1.00 e. The van der Waals surface area contributed by atoms with E-state index in [4.69, 9.17) is 0 Å². The van der Waals surface area contributed by atoms with Gasteiger partial charge in [0, 0.05) is 5.97 Å². The minimum Gasteiger partial charge on any atom is -0.550 e. The molecule has 0 aromatic carbocycles. The molecule has 0 bridgehead atoms. The van der Waals surface area contributed by atoms with E-state index >= 15 is 0 Å². The third-order valence-corrected chi connectivity index (χ3v) is 0.533. The average Bonchev–Trinajstić information content (AvgIpc) is 1.63. The Balaban J connectivity index is -0.000000320. The van der Waals surface area contributed by atoms with Gasteiger partial charge in [0.15, 0.2) is 5.78 Å². The maximum Gasteiger partial charge on any atom is 1.00 e. The number of Topliss-reactive ketones (excluding diaryl/α,β-unsaturated/α-hetero) is 1. The molecule has 0 atom stereocenters. The summed E-state index contributed by atoms with van der Waals surface area (Å²) in [4.78, 5) is 28.8. The van der Waals surface area contributed by atoms with E-state index in [1.165, 1.54) is 0 Å². The van der Waals surface area contributed by atoms with E-state index < -0.39 is 24.1 Å². The van der Waals surface area contributed by atoms with Crippen molar-refractivity contribution in [3.63, 3.8) is 0 Å². The van der Waals surface area contributed by atoms with Gasteiger partial charge >= 0.3 is 103 Å². The molecular weight excluding hydrogens is 206 g/mol. The van der Waals surface area contributed by atoms with Crippen molar-refractivity contribution in [2.24, 2.45) is 0 Å². The first kappa shape index (κ1) is 18.6. The normalized spacial score (nSPS) is 6.91. The molecule has 0 rings (SSSR count). The molecule has 0 aliphatic carbocycles. The molecule has 7 heteroatoms.